The molecule has 4 rings (SSSR count). The number of H-pyrrole nitrogens is 1. The van der Waals surface area contributed by atoms with Crippen LogP contribution in [0.1, 0.15) is 36.8 Å². The van der Waals surface area contributed by atoms with Gasteiger partial charge in [-0.25, -0.2) is 0 Å². The molecule has 1 aromatic heterocycles. The van der Waals surface area contributed by atoms with Gasteiger partial charge in [0.15, 0.2) is 0 Å². The van der Waals surface area contributed by atoms with Crippen LogP contribution in [-0.2, 0) is 4.79 Å². The van der Waals surface area contributed by atoms with Gasteiger partial charge in [-0.2, -0.15) is 0 Å². The normalized spacial score (nSPS) is 15.9. The minimum Gasteiger partial charge on any atom is -0.497 e. The predicted molar refractivity (Wildman–Crippen MR) is 112 cm³/mol. The first-order chi connectivity index (χ1) is 13.7. The fourth-order valence-electron chi connectivity index (χ4n) is 3.57. The molecule has 146 valence electrons. The first-order valence-electron chi connectivity index (χ1n) is 9.89. The third-order valence-corrected chi connectivity index (χ3v) is 5.46. The zero-order chi connectivity index (χ0) is 19.5. The number of ether oxygens (including phenoxy) is 1. The highest BCUT2D eigenvalue weighted by molar-refractivity contribution is 5.84. The van der Waals surface area contributed by atoms with E-state index in [1.807, 2.05) is 25.1 Å². The van der Waals surface area contributed by atoms with Gasteiger partial charge in [0.25, 0.3) is 0 Å². The molecule has 2 aromatic carbocycles. The summed E-state index contributed by atoms with van der Waals surface area (Å²) in [7, 11) is 1.67. The van der Waals surface area contributed by atoms with Gasteiger partial charge in [-0.1, -0.05) is 30.3 Å². The monoisotopic (exact) mass is 377 g/mol. The Kier molecular flexibility index (Phi) is 5.35. The van der Waals surface area contributed by atoms with Crippen LogP contribution in [0.5, 0.6) is 5.75 Å². The van der Waals surface area contributed by atoms with Gasteiger partial charge in [-0.3, -0.25) is 4.79 Å². The summed E-state index contributed by atoms with van der Waals surface area (Å²) in [5, 5.41) is 7.72. The maximum Gasteiger partial charge on any atom is 0.237 e. The maximum atomic E-state index is 12.3. The minimum atomic E-state index is -0.230. The van der Waals surface area contributed by atoms with Crippen LogP contribution >= 0.6 is 0 Å². The summed E-state index contributed by atoms with van der Waals surface area (Å²) in [6.07, 6.45) is 4.28. The van der Waals surface area contributed by atoms with Crippen LogP contribution in [0.4, 0.5) is 0 Å². The summed E-state index contributed by atoms with van der Waals surface area (Å²) in [6.45, 7) is 2.60. The highest BCUT2D eigenvalue weighted by Crippen LogP contribution is 2.31. The summed E-state index contributed by atoms with van der Waals surface area (Å²) < 4.78 is 5.31. The molecule has 3 aromatic rings. The number of amides is 1. The third kappa shape index (κ3) is 4.04. The standard InChI is InChI=1S/C23H27N3O2/c1-15(23(27)26-17-9-10-17)24-13-20(16-7-11-18(28-2)12-8-16)21-14-25-22-6-4-3-5-19(21)22/h3-8,11-12,14-15,17,20,24-25H,9-10,13H2,1-2H3,(H,26,27)/t15-,20-/m1/s1. The summed E-state index contributed by atoms with van der Waals surface area (Å²) in [5.41, 5.74) is 3.53. The second-order valence-electron chi connectivity index (χ2n) is 7.53. The third-order valence-electron chi connectivity index (χ3n) is 5.46. The number of hydrogen-bond donors (Lipinski definition) is 3. The first-order valence-corrected chi connectivity index (χ1v) is 9.89. The lowest BCUT2D eigenvalue weighted by Gasteiger charge is -2.21. The Morgan fingerprint density at radius 3 is 2.64 bits per heavy atom. The number of hydrogen-bond acceptors (Lipinski definition) is 3. The lowest BCUT2D eigenvalue weighted by atomic mass is 9.90. The Bertz CT molecular complexity index is 944. The molecule has 1 fully saturated rings. The lowest BCUT2D eigenvalue weighted by Crippen LogP contribution is -2.44. The molecule has 0 radical (unpaired) electrons. The average Bonchev–Trinajstić information content (AvgIpc) is 3.45. The Morgan fingerprint density at radius 1 is 1.18 bits per heavy atom. The van der Waals surface area contributed by atoms with Crippen LogP contribution in [-0.4, -0.2) is 36.6 Å². The van der Waals surface area contributed by atoms with E-state index in [9.17, 15) is 4.79 Å². The van der Waals surface area contributed by atoms with E-state index in [0.29, 0.717) is 12.6 Å². The number of fused-ring (bicyclic) bond motifs is 1. The van der Waals surface area contributed by atoms with E-state index in [2.05, 4.69) is 52.1 Å². The number of para-hydroxylation sites is 1. The number of aromatic amines is 1. The van der Waals surface area contributed by atoms with Crippen molar-refractivity contribution in [2.45, 2.75) is 37.8 Å². The molecular formula is C23H27N3O2. The number of methoxy groups -OCH3 is 1. The predicted octanol–water partition coefficient (Wildman–Crippen LogP) is 3.57. The van der Waals surface area contributed by atoms with Crippen LogP contribution in [0, 0.1) is 0 Å². The van der Waals surface area contributed by atoms with Gasteiger partial charge in [0.05, 0.1) is 13.2 Å². The van der Waals surface area contributed by atoms with Crippen LogP contribution < -0.4 is 15.4 Å². The Hall–Kier alpha value is -2.79. The van der Waals surface area contributed by atoms with Crippen molar-refractivity contribution in [3.8, 4) is 5.75 Å². The second kappa shape index (κ2) is 8.07. The highest BCUT2D eigenvalue weighted by Gasteiger charge is 2.26. The minimum absolute atomic E-state index is 0.0786. The first kappa shape index (κ1) is 18.6. The number of carbonyl (C=O) groups excluding carboxylic acids is 1. The highest BCUT2D eigenvalue weighted by atomic mass is 16.5. The number of aromatic nitrogens is 1. The zero-order valence-electron chi connectivity index (χ0n) is 16.4. The van der Waals surface area contributed by atoms with Gasteiger partial charge in [-0.05, 0) is 49.1 Å². The van der Waals surface area contributed by atoms with Crippen molar-refractivity contribution in [1.82, 2.24) is 15.6 Å². The van der Waals surface area contributed by atoms with Crippen molar-refractivity contribution in [1.29, 1.82) is 0 Å². The van der Waals surface area contributed by atoms with Gasteiger partial charge >= 0.3 is 0 Å². The number of nitrogens with one attached hydrogen (secondary N) is 3. The summed E-state index contributed by atoms with van der Waals surface area (Å²) >= 11 is 0. The van der Waals surface area contributed by atoms with E-state index in [1.165, 1.54) is 16.5 Å². The molecule has 0 unspecified atom stereocenters. The molecule has 0 saturated heterocycles. The topological polar surface area (TPSA) is 66.2 Å². The molecule has 1 aliphatic carbocycles. The molecule has 3 N–H and O–H groups in total. The van der Waals surface area contributed by atoms with Crippen LogP contribution in [0.3, 0.4) is 0 Å². The quantitative estimate of drug-likeness (QED) is 0.562. The van der Waals surface area contributed by atoms with Gasteiger partial charge in [0, 0.05) is 35.6 Å². The van der Waals surface area contributed by atoms with E-state index < -0.39 is 0 Å². The van der Waals surface area contributed by atoms with Crippen molar-refractivity contribution in [2.75, 3.05) is 13.7 Å². The summed E-state index contributed by atoms with van der Waals surface area (Å²) in [4.78, 5) is 15.7. The molecule has 2 atom stereocenters. The number of benzene rings is 2. The van der Waals surface area contributed by atoms with Gasteiger partial charge in [0.2, 0.25) is 5.91 Å². The van der Waals surface area contributed by atoms with Crippen LogP contribution in [0.2, 0.25) is 0 Å². The van der Waals surface area contributed by atoms with Crippen molar-refractivity contribution >= 4 is 16.8 Å². The van der Waals surface area contributed by atoms with Crippen LogP contribution in [0.25, 0.3) is 10.9 Å². The van der Waals surface area contributed by atoms with Crippen molar-refractivity contribution in [3.63, 3.8) is 0 Å². The van der Waals surface area contributed by atoms with E-state index in [-0.39, 0.29) is 17.9 Å². The molecule has 5 nitrogen and oxygen atoms in total. The van der Waals surface area contributed by atoms with E-state index in [0.717, 1.165) is 24.1 Å². The summed E-state index contributed by atoms with van der Waals surface area (Å²) in [5.74, 6) is 1.04. The van der Waals surface area contributed by atoms with E-state index >= 15 is 0 Å². The van der Waals surface area contributed by atoms with Crippen molar-refractivity contribution < 1.29 is 9.53 Å². The molecule has 5 heteroatoms. The van der Waals surface area contributed by atoms with Crippen LogP contribution in [0.15, 0.2) is 54.7 Å². The molecule has 1 amide bonds. The fraction of sp³-hybridized carbons (Fsp3) is 0.348. The van der Waals surface area contributed by atoms with Gasteiger partial charge in [0.1, 0.15) is 5.75 Å². The molecule has 1 aliphatic rings. The van der Waals surface area contributed by atoms with E-state index in [4.69, 9.17) is 4.74 Å². The molecule has 1 saturated carbocycles. The number of rotatable bonds is 8. The molecule has 1 heterocycles. The van der Waals surface area contributed by atoms with Crippen molar-refractivity contribution in [2.24, 2.45) is 0 Å². The van der Waals surface area contributed by atoms with E-state index in [1.54, 1.807) is 7.11 Å². The summed E-state index contributed by atoms with van der Waals surface area (Å²) in [6, 6.07) is 16.6. The molecular weight excluding hydrogens is 350 g/mol. The van der Waals surface area contributed by atoms with Crippen molar-refractivity contribution in [3.05, 3.63) is 65.9 Å². The maximum absolute atomic E-state index is 12.3. The average molecular weight is 377 g/mol. The van der Waals surface area contributed by atoms with Gasteiger partial charge < -0.3 is 20.4 Å². The largest absolute Gasteiger partial charge is 0.497 e. The van der Waals surface area contributed by atoms with Gasteiger partial charge in [-0.15, -0.1) is 0 Å². The Labute approximate surface area is 165 Å². The smallest absolute Gasteiger partial charge is 0.237 e. The zero-order valence-corrected chi connectivity index (χ0v) is 16.4. The Balaban J connectivity index is 1.58. The molecule has 0 spiro atoms. The lowest BCUT2D eigenvalue weighted by molar-refractivity contribution is -0.122. The SMILES string of the molecule is COc1ccc([C@@H](CN[C@H](C)C(=O)NC2CC2)c2c[nH]c3ccccc23)cc1. The Morgan fingerprint density at radius 2 is 1.93 bits per heavy atom. The molecule has 28 heavy (non-hydrogen) atoms. The number of carbonyl (C=O) groups is 1. The second-order valence-corrected chi connectivity index (χ2v) is 7.53. The fourth-order valence-corrected chi connectivity index (χ4v) is 3.57. The molecule has 0 aliphatic heterocycles. The molecule has 0 bridgehead atoms.